The molecule has 0 fully saturated rings. The van der Waals surface area contributed by atoms with Crippen molar-refractivity contribution in [1.82, 2.24) is 0 Å². The fourth-order valence-corrected chi connectivity index (χ4v) is 2.73. The molecule has 27 heavy (non-hydrogen) atoms. The van der Waals surface area contributed by atoms with Gasteiger partial charge in [0.1, 0.15) is 11.5 Å². The number of anilines is 1. The van der Waals surface area contributed by atoms with Gasteiger partial charge in [-0.05, 0) is 48.6 Å². The molecular formula is C24H35NO2. The van der Waals surface area contributed by atoms with Gasteiger partial charge in [-0.15, -0.1) is 0 Å². The van der Waals surface area contributed by atoms with Gasteiger partial charge < -0.3 is 14.8 Å². The summed E-state index contributed by atoms with van der Waals surface area (Å²) in [6.45, 7) is 9.01. The molecule has 0 aromatic heterocycles. The first-order chi connectivity index (χ1) is 13.2. The van der Waals surface area contributed by atoms with Crippen molar-refractivity contribution >= 4 is 5.69 Å². The molecule has 0 aliphatic carbocycles. The molecule has 0 spiro atoms. The minimum absolute atomic E-state index is 0.671. The third-order valence-corrected chi connectivity index (χ3v) is 4.48. The Kier molecular flexibility index (Phi) is 9.61. The van der Waals surface area contributed by atoms with Gasteiger partial charge in [0.15, 0.2) is 0 Å². The van der Waals surface area contributed by atoms with Gasteiger partial charge in [-0.25, -0.2) is 0 Å². The average molecular weight is 370 g/mol. The quantitative estimate of drug-likeness (QED) is 0.399. The molecule has 2 aromatic rings. The van der Waals surface area contributed by atoms with Crippen molar-refractivity contribution in [2.75, 3.05) is 18.5 Å². The van der Waals surface area contributed by atoms with Crippen LogP contribution in [0.5, 0.6) is 11.5 Å². The van der Waals surface area contributed by atoms with E-state index in [0.29, 0.717) is 5.92 Å². The third kappa shape index (κ3) is 8.85. The minimum Gasteiger partial charge on any atom is -0.494 e. The van der Waals surface area contributed by atoms with Crippen molar-refractivity contribution in [1.29, 1.82) is 0 Å². The lowest BCUT2D eigenvalue weighted by Gasteiger charge is -2.11. The van der Waals surface area contributed by atoms with Crippen LogP contribution in [0, 0.1) is 5.92 Å². The zero-order valence-corrected chi connectivity index (χ0v) is 17.2. The lowest BCUT2D eigenvalue weighted by atomic mass is 10.1. The van der Waals surface area contributed by atoms with Crippen LogP contribution in [0.4, 0.5) is 5.69 Å². The van der Waals surface area contributed by atoms with Crippen molar-refractivity contribution in [3.8, 4) is 11.5 Å². The van der Waals surface area contributed by atoms with E-state index in [1.54, 1.807) is 0 Å². The molecule has 0 atom stereocenters. The molecule has 2 rings (SSSR count). The molecule has 0 unspecified atom stereocenters. The van der Waals surface area contributed by atoms with Crippen LogP contribution in [0.1, 0.15) is 58.4 Å². The summed E-state index contributed by atoms with van der Waals surface area (Å²) in [6.07, 6.45) is 5.99. The van der Waals surface area contributed by atoms with Gasteiger partial charge >= 0.3 is 0 Å². The molecule has 0 heterocycles. The summed E-state index contributed by atoms with van der Waals surface area (Å²) in [5.41, 5.74) is 2.32. The highest BCUT2D eigenvalue weighted by Crippen LogP contribution is 2.19. The van der Waals surface area contributed by atoms with Crippen LogP contribution >= 0.6 is 0 Å². The Morgan fingerprint density at radius 2 is 1.63 bits per heavy atom. The van der Waals surface area contributed by atoms with Crippen LogP contribution in [-0.2, 0) is 6.54 Å². The van der Waals surface area contributed by atoms with Crippen LogP contribution < -0.4 is 14.8 Å². The maximum Gasteiger partial charge on any atom is 0.121 e. The average Bonchev–Trinajstić information content (AvgIpc) is 2.67. The van der Waals surface area contributed by atoms with E-state index in [9.17, 15) is 0 Å². The highest BCUT2D eigenvalue weighted by Gasteiger charge is 2.00. The summed E-state index contributed by atoms with van der Waals surface area (Å²) in [7, 11) is 0. The van der Waals surface area contributed by atoms with Crippen LogP contribution in [0.15, 0.2) is 48.5 Å². The van der Waals surface area contributed by atoms with Crippen LogP contribution in [0.2, 0.25) is 0 Å². The van der Waals surface area contributed by atoms with Gasteiger partial charge in [-0.2, -0.15) is 0 Å². The Bertz CT molecular complexity index is 637. The lowest BCUT2D eigenvalue weighted by molar-refractivity contribution is 0.289. The molecular weight excluding hydrogens is 334 g/mol. The molecule has 0 bridgehead atoms. The van der Waals surface area contributed by atoms with Crippen molar-refractivity contribution < 1.29 is 9.47 Å². The number of ether oxygens (including phenoxy) is 2. The summed E-state index contributed by atoms with van der Waals surface area (Å²) in [4.78, 5) is 0. The first-order valence-electron chi connectivity index (χ1n) is 10.4. The van der Waals surface area contributed by atoms with Crippen LogP contribution in [0.3, 0.4) is 0 Å². The largest absolute Gasteiger partial charge is 0.494 e. The first kappa shape index (κ1) is 21.1. The Morgan fingerprint density at radius 3 is 2.37 bits per heavy atom. The molecule has 3 nitrogen and oxygen atoms in total. The summed E-state index contributed by atoms with van der Waals surface area (Å²) >= 11 is 0. The van der Waals surface area contributed by atoms with Crippen molar-refractivity contribution in [2.45, 2.75) is 59.4 Å². The SMILES string of the molecule is CCCCCCOc1cccc(NCc2ccc(OCCC(C)C)cc2)c1. The fraction of sp³-hybridized carbons (Fsp3) is 0.500. The van der Waals surface area contributed by atoms with E-state index in [4.69, 9.17) is 9.47 Å². The van der Waals surface area contributed by atoms with Crippen molar-refractivity contribution in [3.63, 3.8) is 0 Å². The molecule has 0 aliphatic heterocycles. The standard InChI is InChI=1S/C24H35NO2/c1-4-5-6-7-16-26-24-10-8-9-22(18-24)25-19-21-11-13-23(14-12-21)27-17-15-20(2)3/h8-14,18,20,25H,4-7,15-17,19H2,1-3H3. The zero-order chi connectivity index (χ0) is 19.3. The van der Waals surface area contributed by atoms with Crippen molar-refractivity contribution in [2.24, 2.45) is 5.92 Å². The van der Waals surface area contributed by atoms with Gasteiger partial charge in [0.2, 0.25) is 0 Å². The van der Waals surface area contributed by atoms with E-state index in [1.807, 2.05) is 24.3 Å². The van der Waals surface area contributed by atoms with Gasteiger partial charge in [0, 0.05) is 18.3 Å². The summed E-state index contributed by atoms with van der Waals surface area (Å²) < 4.78 is 11.6. The smallest absolute Gasteiger partial charge is 0.121 e. The Morgan fingerprint density at radius 1 is 0.852 bits per heavy atom. The van der Waals surface area contributed by atoms with Crippen LogP contribution in [0.25, 0.3) is 0 Å². The zero-order valence-electron chi connectivity index (χ0n) is 17.2. The highest BCUT2D eigenvalue weighted by molar-refractivity contribution is 5.48. The molecule has 148 valence electrons. The molecule has 2 aromatic carbocycles. The van der Waals surface area contributed by atoms with Gasteiger partial charge in [-0.1, -0.05) is 58.2 Å². The second kappa shape index (κ2) is 12.3. The predicted octanol–water partition coefficient (Wildman–Crippen LogP) is 6.68. The summed E-state index contributed by atoms with van der Waals surface area (Å²) in [6, 6.07) is 16.5. The summed E-state index contributed by atoms with van der Waals surface area (Å²) in [5, 5.41) is 3.47. The van der Waals surface area contributed by atoms with E-state index in [0.717, 1.165) is 49.8 Å². The molecule has 0 saturated heterocycles. The monoisotopic (exact) mass is 369 g/mol. The maximum atomic E-state index is 5.86. The van der Waals surface area contributed by atoms with Gasteiger partial charge in [-0.3, -0.25) is 0 Å². The maximum absolute atomic E-state index is 5.86. The van der Waals surface area contributed by atoms with E-state index < -0.39 is 0 Å². The van der Waals surface area contributed by atoms with Crippen LogP contribution in [-0.4, -0.2) is 13.2 Å². The number of benzene rings is 2. The second-order valence-electron chi connectivity index (χ2n) is 7.47. The molecule has 3 heteroatoms. The Hall–Kier alpha value is -2.16. The number of hydrogen-bond donors (Lipinski definition) is 1. The fourth-order valence-electron chi connectivity index (χ4n) is 2.73. The molecule has 0 radical (unpaired) electrons. The number of hydrogen-bond acceptors (Lipinski definition) is 3. The Balaban J connectivity index is 1.74. The number of unbranched alkanes of at least 4 members (excludes halogenated alkanes) is 3. The number of nitrogens with one attached hydrogen (secondary N) is 1. The Labute approximate surface area is 165 Å². The molecule has 0 amide bonds. The first-order valence-corrected chi connectivity index (χ1v) is 10.4. The lowest BCUT2D eigenvalue weighted by Crippen LogP contribution is -2.02. The van der Waals surface area contributed by atoms with E-state index in [-0.39, 0.29) is 0 Å². The van der Waals surface area contributed by atoms with Gasteiger partial charge in [0.05, 0.1) is 13.2 Å². The van der Waals surface area contributed by atoms with E-state index in [2.05, 4.69) is 50.4 Å². The van der Waals surface area contributed by atoms with Gasteiger partial charge in [0.25, 0.3) is 0 Å². The predicted molar refractivity (Wildman–Crippen MR) is 115 cm³/mol. The molecule has 1 N–H and O–H groups in total. The summed E-state index contributed by atoms with van der Waals surface area (Å²) in [5.74, 6) is 2.55. The number of rotatable bonds is 13. The van der Waals surface area contributed by atoms with E-state index >= 15 is 0 Å². The highest BCUT2D eigenvalue weighted by atomic mass is 16.5. The molecule has 0 aliphatic rings. The third-order valence-electron chi connectivity index (χ3n) is 4.48. The minimum atomic E-state index is 0.671. The second-order valence-corrected chi connectivity index (χ2v) is 7.47. The normalized spacial score (nSPS) is 10.8. The van der Waals surface area contributed by atoms with Crippen molar-refractivity contribution in [3.05, 3.63) is 54.1 Å². The molecule has 0 saturated carbocycles. The topological polar surface area (TPSA) is 30.5 Å². The van der Waals surface area contributed by atoms with E-state index in [1.165, 1.54) is 24.8 Å².